The van der Waals surface area contributed by atoms with Crippen molar-refractivity contribution >= 4 is 41.5 Å². The molecule has 0 aliphatic heterocycles. The summed E-state index contributed by atoms with van der Waals surface area (Å²) in [7, 11) is 1.54. The van der Waals surface area contributed by atoms with Crippen LogP contribution in [-0.4, -0.2) is 31.7 Å². The summed E-state index contributed by atoms with van der Waals surface area (Å²) in [5.74, 6) is -0.0834. The number of amides is 1. The first-order valence-corrected chi connectivity index (χ1v) is 7.18. The Kier molecular flexibility index (Phi) is 9.99. The number of rotatable bonds is 7. The molecule has 120 valence electrons. The molecule has 21 heavy (non-hydrogen) atoms. The number of hydrogen-bond donors (Lipinski definition) is 2. The third kappa shape index (κ3) is 7.34. The Morgan fingerprint density at radius 3 is 2.62 bits per heavy atom. The predicted molar refractivity (Wildman–Crippen MR) is 89.5 cm³/mol. The lowest BCUT2D eigenvalue weighted by atomic mass is 10.1. The number of ether oxygens (including phenoxy) is 1. The highest BCUT2D eigenvalue weighted by atomic mass is 35.5. The van der Waals surface area contributed by atoms with E-state index in [4.69, 9.17) is 33.7 Å². The third-order valence-corrected chi connectivity index (χ3v) is 3.54. The fourth-order valence-electron chi connectivity index (χ4n) is 1.87. The molecule has 0 fully saturated rings. The Hall–Kier alpha value is -0.520. The SMILES string of the molecule is COC(CN)CC(=O)NC(C)Cc1ccc(Cl)cc1Cl.Cl. The van der Waals surface area contributed by atoms with Crippen LogP contribution in [0.4, 0.5) is 0 Å². The standard InChI is InChI=1S/C14H20Cl2N2O2.ClH/c1-9(18-14(19)7-12(8-17)20-2)5-10-3-4-11(15)6-13(10)16;/h3-4,6,9,12H,5,7-8,17H2,1-2H3,(H,18,19);1H. The van der Waals surface area contributed by atoms with Crippen LogP contribution in [0.25, 0.3) is 0 Å². The maximum atomic E-state index is 11.8. The Labute approximate surface area is 141 Å². The summed E-state index contributed by atoms with van der Waals surface area (Å²) in [5, 5.41) is 4.11. The van der Waals surface area contributed by atoms with Crippen LogP contribution in [0.15, 0.2) is 18.2 Å². The van der Waals surface area contributed by atoms with Crippen molar-refractivity contribution in [2.24, 2.45) is 5.73 Å². The van der Waals surface area contributed by atoms with E-state index in [2.05, 4.69) is 5.32 Å². The van der Waals surface area contributed by atoms with E-state index in [9.17, 15) is 4.79 Å². The predicted octanol–water partition coefficient (Wildman–Crippen LogP) is 2.83. The van der Waals surface area contributed by atoms with Gasteiger partial charge in [-0.15, -0.1) is 12.4 Å². The third-order valence-electron chi connectivity index (χ3n) is 2.96. The maximum absolute atomic E-state index is 11.8. The fourth-order valence-corrected chi connectivity index (χ4v) is 2.36. The summed E-state index contributed by atoms with van der Waals surface area (Å²) < 4.78 is 5.08. The van der Waals surface area contributed by atoms with Crippen molar-refractivity contribution in [3.8, 4) is 0 Å². The van der Waals surface area contributed by atoms with Crippen molar-refractivity contribution in [1.29, 1.82) is 0 Å². The molecule has 0 saturated heterocycles. The van der Waals surface area contributed by atoms with Gasteiger partial charge in [-0.25, -0.2) is 0 Å². The largest absolute Gasteiger partial charge is 0.380 e. The summed E-state index contributed by atoms with van der Waals surface area (Å²) in [5.41, 5.74) is 6.44. The van der Waals surface area contributed by atoms with Crippen molar-refractivity contribution in [3.63, 3.8) is 0 Å². The highest BCUT2D eigenvalue weighted by Gasteiger charge is 2.14. The number of hydrogen-bond acceptors (Lipinski definition) is 3. The van der Waals surface area contributed by atoms with E-state index in [-0.39, 0.29) is 36.9 Å². The Bertz CT molecular complexity index is 454. The van der Waals surface area contributed by atoms with Crippen LogP contribution in [0.1, 0.15) is 18.9 Å². The molecule has 2 atom stereocenters. The average Bonchev–Trinajstić information content (AvgIpc) is 2.39. The van der Waals surface area contributed by atoms with Crippen molar-refractivity contribution in [2.75, 3.05) is 13.7 Å². The Morgan fingerprint density at radius 1 is 1.43 bits per heavy atom. The number of carbonyl (C=O) groups excluding carboxylic acids is 1. The Morgan fingerprint density at radius 2 is 2.10 bits per heavy atom. The second-order valence-electron chi connectivity index (χ2n) is 4.71. The van der Waals surface area contributed by atoms with E-state index in [0.29, 0.717) is 23.0 Å². The van der Waals surface area contributed by atoms with Gasteiger partial charge in [-0.1, -0.05) is 29.3 Å². The van der Waals surface area contributed by atoms with Gasteiger partial charge in [-0.2, -0.15) is 0 Å². The van der Waals surface area contributed by atoms with E-state index in [1.54, 1.807) is 19.2 Å². The molecule has 4 nitrogen and oxygen atoms in total. The zero-order valence-electron chi connectivity index (χ0n) is 12.1. The highest BCUT2D eigenvalue weighted by Crippen LogP contribution is 2.22. The monoisotopic (exact) mass is 354 g/mol. The molecule has 0 aliphatic carbocycles. The number of halogens is 3. The summed E-state index contributed by atoms with van der Waals surface area (Å²) in [4.78, 5) is 11.8. The van der Waals surface area contributed by atoms with Gasteiger partial charge < -0.3 is 15.8 Å². The van der Waals surface area contributed by atoms with Crippen LogP contribution in [-0.2, 0) is 16.0 Å². The van der Waals surface area contributed by atoms with Gasteiger partial charge in [0.1, 0.15) is 0 Å². The summed E-state index contributed by atoms with van der Waals surface area (Å²) in [6.45, 7) is 2.24. The minimum absolute atomic E-state index is 0. The van der Waals surface area contributed by atoms with Gasteiger partial charge in [0.05, 0.1) is 12.5 Å². The minimum Gasteiger partial charge on any atom is -0.380 e. The second kappa shape index (κ2) is 10.2. The van der Waals surface area contributed by atoms with Crippen LogP contribution in [0.2, 0.25) is 10.0 Å². The molecule has 2 unspecified atom stereocenters. The molecule has 7 heteroatoms. The van der Waals surface area contributed by atoms with E-state index in [1.807, 2.05) is 13.0 Å². The van der Waals surface area contributed by atoms with Gasteiger partial charge in [0.2, 0.25) is 5.91 Å². The molecule has 0 radical (unpaired) electrons. The molecular weight excluding hydrogens is 335 g/mol. The lowest BCUT2D eigenvalue weighted by molar-refractivity contribution is -0.123. The number of nitrogens with one attached hydrogen (secondary N) is 1. The van der Waals surface area contributed by atoms with Crippen molar-refractivity contribution in [1.82, 2.24) is 5.32 Å². The van der Waals surface area contributed by atoms with Crippen molar-refractivity contribution in [2.45, 2.75) is 31.9 Å². The molecule has 0 spiro atoms. The Balaban J connectivity index is 0.00000400. The molecule has 0 bridgehead atoms. The second-order valence-corrected chi connectivity index (χ2v) is 5.55. The molecule has 1 rings (SSSR count). The van der Waals surface area contributed by atoms with Gasteiger partial charge in [0.15, 0.2) is 0 Å². The fraction of sp³-hybridized carbons (Fsp3) is 0.500. The smallest absolute Gasteiger partial charge is 0.222 e. The molecule has 0 aliphatic rings. The number of carbonyl (C=O) groups is 1. The summed E-state index contributed by atoms with van der Waals surface area (Å²) >= 11 is 12.0. The zero-order valence-corrected chi connectivity index (χ0v) is 14.4. The van der Waals surface area contributed by atoms with E-state index in [1.165, 1.54) is 0 Å². The number of methoxy groups -OCH3 is 1. The molecule has 3 N–H and O–H groups in total. The van der Waals surface area contributed by atoms with Gasteiger partial charge in [0, 0.05) is 29.7 Å². The lowest BCUT2D eigenvalue weighted by Gasteiger charge is -2.17. The first kappa shape index (κ1) is 20.5. The molecule has 0 heterocycles. The van der Waals surface area contributed by atoms with E-state index < -0.39 is 0 Å². The zero-order chi connectivity index (χ0) is 15.1. The molecule has 0 saturated carbocycles. The molecule has 1 aromatic rings. The van der Waals surface area contributed by atoms with Gasteiger partial charge in [-0.05, 0) is 31.0 Å². The maximum Gasteiger partial charge on any atom is 0.222 e. The van der Waals surface area contributed by atoms with Gasteiger partial charge >= 0.3 is 0 Å². The topological polar surface area (TPSA) is 64.3 Å². The normalized spacial score (nSPS) is 13.2. The quantitative estimate of drug-likeness (QED) is 0.790. The van der Waals surface area contributed by atoms with Crippen LogP contribution in [0.3, 0.4) is 0 Å². The molecule has 1 aromatic carbocycles. The van der Waals surface area contributed by atoms with Crippen molar-refractivity contribution < 1.29 is 9.53 Å². The first-order chi connectivity index (χ1) is 9.46. The van der Waals surface area contributed by atoms with Crippen LogP contribution < -0.4 is 11.1 Å². The molecular formula is C14H21Cl3N2O2. The van der Waals surface area contributed by atoms with Crippen LogP contribution in [0, 0.1) is 0 Å². The summed E-state index contributed by atoms with van der Waals surface area (Å²) in [6.07, 6.45) is 0.648. The van der Waals surface area contributed by atoms with Crippen LogP contribution in [0.5, 0.6) is 0 Å². The first-order valence-electron chi connectivity index (χ1n) is 6.42. The molecule has 1 amide bonds. The van der Waals surface area contributed by atoms with Gasteiger partial charge in [0.25, 0.3) is 0 Å². The van der Waals surface area contributed by atoms with Crippen molar-refractivity contribution in [3.05, 3.63) is 33.8 Å². The average molecular weight is 356 g/mol. The molecule has 0 aromatic heterocycles. The minimum atomic E-state index is -0.249. The highest BCUT2D eigenvalue weighted by molar-refractivity contribution is 6.35. The number of benzene rings is 1. The van der Waals surface area contributed by atoms with E-state index in [0.717, 1.165) is 5.56 Å². The lowest BCUT2D eigenvalue weighted by Crippen LogP contribution is -2.38. The summed E-state index contributed by atoms with van der Waals surface area (Å²) in [6, 6.07) is 5.32. The van der Waals surface area contributed by atoms with Crippen LogP contribution >= 0.6 is 35.6 Å². The number of nitrogens with two attached hydrogens (primary N) is 1. The van der Waals surface area contributed by atoms with E-state index >= 15 is 0 Å². The van der Waals surface area contributed by atoms with Gasteiger partial charge in [-0.3, -0.25) is 4.79 Å².